The van der Waals surface area contributed by atoms with E-state index in [9.17, 15) is 4.79 Å². The maximum absolute atomic E-state index is 9.78. The lowest BCUT2D eigenvalue weighted by Gasteiger charge is -1.91. The summed E-state index contributed by atoms with van der Waals surface area (Å²) in [5.41, 5.74) is 0. The van der Waals surface area contributed by atoms with Gasteiger partial charge >= 0.3 is 0 Å². The third kappa shape index (κ3) is 0.992. The Morgan fingerprint density at radius 3 is 3.25 bits per heavy atom. The highest BCUT2D eigenvalue weighted by Crippen LogP contribution is 2.07. The molecular weight excluding hydrogens is 108 g/mol. The number of hydrogen-bond acceptors (Lipinski definition) is 3. The van der Waals surface area contributed by atoms with Crippen molar-refractivity contribution in [2.75, 3.05) is 6.79 Å². The van der Waals surface area contributed by atoms with Crippen molar-refractivity contribution in [1.82, 2.24) is 0 Å². The number of hydrogen-bond donors (Lipinski definition) is 0. The van der Waals surface area contributed by atoms with E-state index in [1.165, 1.54) is 6.26 Å². The normalized spacial score (nSPS) is 16.2. The topological polar surface area (TPSA) is 35.5 Å². The van der Waals surface area contributed by atoms with Crippen LogP contribution < -0.4 is 0 Å². The number of carbonyl (C=O) groups excluding carboxylic acids is 1. The molecule has 3 heteroatoms. The average Bonchev–Trinajstić information content (AvgIpc) is 2.19. The Morgan fingerprint density at radius 1 is 1.88 bits per heavy atom. The van der Waals surface area contributed by atoms with Crippen molar-refractivity contribution in [3.8, 4) is 0 Å². The maximum Gasteiger partial charge on any atom is 0.229 e. The number of aldehydes is 1. The van der Waals surface area contributed by atoms with E-state index in [0.717, 1.165) is 6.29 Å². The lowest BCUT2D eigenvalue weighted by atomic mass is 10.4. The molecule has 0 unspecified atom stereocenters. The Bertz CT molecular complexity index is 117. The van der Waals surface area contributed by atoms with Gasteiger partial charge in [-0.3, -0.25) is 0 Å². The van der Waals surface area contributed by atoms with Gasteiger partial charge in [-0.1, -0.05) is 0 Å². The minimum atomic E-state index is 0.253. The fourth-order valence-corrected chi connectivity index (χ4v) is 0.460. The molecule has 0 aromatic rings. The molecule has 1 rings (SSSR count). The monoisotopic (exact) mass is 114 g/mol. The Morgan fingerprint density at radius 2 is 2.75 bits per heavy atom. The highest BCUT2D eigenvalue weighted by molar-refractivity contribution is 5.53. The summed E-state index contributed by atoms with van der Waals surface area (Å²) in [6, 6.07) is 0. The van der Waals surface area contributed by atoms with Gasteiger partial charge in [0.15, 0.2) is 0 Å². The Hall–Kier alpha value is -0.990. The van der Waals surface area contributed by atoms with E-state index < -0.39 is 0 Å². The number of carbonyl (C=O) groups is 1. The summed E-state index contributed by atoms with van der Waals surface area (Å²) in [7, 11) is 0. The first kappa shape index (κ1) is 5.15. The van der Waals surface area contributed by atoms with Crippen LogP contribution in [0.3, 0.4) is 0 Å². The van der Waals surface area contributed by atoms with Gasteiger partial charge in [-0.05, 0) is 0 Å². The Kier molecular flexibility index (Phi) is 1.51. The lowest BCUT2D eigenvalue weighted by Crippen LogP contribution is -1.85. The molecule has 0 radical (unpaired) electrons. The van der Waals surface area contributed by atoms with Gasteiger partial charge in [0.25, 0.3) is 0 Å². The van der Waals surface area contributed by atoms with E-state index in [4.69, 9.17) is 4.74 Å². The fraction of sp³-hybridized carbons (Fsp3) is 0.400. The van der Waals surface area contributed by atoms with Crippen LogP contribution in [0.4, 0.5) is 0 Å². The van der Waals surface area contributed by atoms with Gasteiger partial charge in [0.05, 0.1) is 6.42 Å². The summed E-state index contributed by atoms with van der Waals surface area (Å²) >= 11 is 0. The predicted octanol–water partition coefficient (Wildman–Crippen LogP) is 0.421. The SMILES string of the molecule is O=CCC1=COCO1. The number of allylic oxidation sites excluding steroid dienone is 1. The average molecular weight is 114 g/mol. The zero-order chi connectivity index (χ0) is 5.82. The molecule has 0 aliphatic carbocycles. The summed E-state index contributed by atoms with van der Waals surface area (Å²) in [5.74, 6) is 0.611. The molecule has 1 heterocycles. The van der Waals surface area contributed by atoms with Gasteiger partial charge in [-0.2, -0.15) is 0 Å². The molecule has 0 aromatic carbocycles. The summed E-state index contributed by atoms with van der Waals surface area (Å²) in [6.07, 6.45) is 2.55. The zero-order valence-electron chi connectivity index (χ0n) is 4.29. The van der Waals surface area contributed by atoms with Crippen molar-refractivity contribution >= 4 is 6.29 Å². The van der Waals surface area contributed by atoms with Crippen LogP contribution in [0.1, 0.15) is 6.42 Å². The van der Waals surface area contributed by atoms with Gasteiger partial charge in [-0.25, -0.2) is 0 Å². The molecule has 0 saturated heterocycles. The molecular formula is C5H6O3. The minimum Gasteiger partial charge on any atom is -0.462 e. The first-order valence-electron chi connectivity index (χ1n) is 2.30. The molecule has 3 nitrogen and oxygen atoms in total. The van der Waals surface area contributed by atoms with Crippen LogP contribution in [-0.4, -0.2) is 13.1 Å². The molecule has 0 atom stereocenters. The van der Waals surface area contributed by atoms with Crippen LogP contribution in [0.25, 0.3) is 0 Å². The first-order valence-corrected chi connectivity index (χ1v) is 2.30. The lowest BCUT2D eigenvalue weighted by molar-refractivity contribution is -0.107. The van der Waals surface area contributed by atoms with E-state index in [0.29, 0.717) is 12.2 Å². The zero-order valence-corrected chi connectivity index (χ0v) is 4.29. The molecule has 0 bridgehead atoms. The predicted molar refractivity (Wildman–Crippen MR) is 25.8 cm³/mol. The summed E-state index contributed by atoms with van der Waals surface area (Å²) in [5, 5.41) is 0. The largest absolute Gasteiger partial charge is 0.462 e. The molecule has 0 amide bonds. The quantitative estimate of drug-likeness (QED) is 0.488. The third-order valence-corrected chi connectivity index (χ3v) is 0.812. The van der Waals surface area contributed by atoms with Crippen molar-refractivity contribution in [2.45, 2.75) is 6.42 Å². The van der Waals surface area contributed by atoms with E-state index in [2.05, 4.69) is 4.74 Å². The van der Waals surface area contributed by atoms with Crippen molar-refractivity contribution in [1.29, 1.82) is 0 Å². The van der Waals surface area contributed by atoms with Crippen LogP contribution >= 0.6 is 0 Å². The highest BCUT2D eigenvalue weighted by Gasteiger charge is 2.02. The molecule has 0 saturated carbocycles. The number of rotatable bonds is 2. The molecule has 1 aliphatic heterocycles. The Labute approximate surface area is 46.9 Å². The smallest absolute Gasteiger partial charge is 0.229 e. The van der Waals surface area contributed by atoms with Gasteiger partial charge in [-0.15, -0.1) is 0 Å². The van der Waals surface area contributed by atoms with Gasteiger partial charge < -0.3 is 14.3 Å². The Balaban J connectivity index is 2.33. The van der Waals surface area contributed by atoms with Crippen molar-refractivity contribution in [3.63, 3.8) is 0 Å². The third-order valence-electron chi connectivity index (χ3n) is 0.812. The van der Waals surface area contributed by atoms with Crippen molar-refractivity contribution in [3.05, 3.63) is 12.0 Å². The van der Waals surface area contributed by atoms with Crippen LogP contribution in [-0.2, 0) is 14.3 Å². The van der Waals surface area contributed by atoms with Crippen LogP contribution in [0.5, 0.6) is 0 Å². The molecule has 1 aliphatic rings. The van der Waals surface area contributed by atoms with Crippen LogP contribution in [0.2, 0.25) is 0 Å². The highest BCUT2D eigenvalue weighted by atomic mass is 16.7. The minimum absolute atomic E-state index is 0.253. The molecule has 0 aromatic heterocycles. The van der Waals surface area contributed by atoms with E-state index in [-0.39, 0.29) is 6.79 Å². The first-order chi connectivity index (χ1) is 3.93. The molecule has 0 fully saturated rings. The molecule has 44 valence electrons. The second-order valence-electron chi connectivity index (χ2n) is 1.38. The van der Waals surface area contributed by atoms with Crippen LogP contribution in [0.15, 0.2) is 12.0 Å². The molecule has 0 N–H and O–H groups in total. The summed E-state index contributed by atoms with van der Waals surface area (Å²) in [4.78, 5) is 9.78. The summed E-state index contributed by atoms with van der Waals surface area (Å²) in [6.45, 7) is 0.253. The van der Waals surface area contributed by atoms with Gasteiger partial charge in [0, 0.05) is 0 Å². The van der Waals surface area contributed by atoms with E-state index in [1.54, 1.807) is 0 Å². The van der Waals surface area contributed by atoms with Crippen molar-refractivity contribution < 1.29 is 14.3 Å². The molecule has 8 heavy (non-hydrogen) atoms. The molecule has 0 spiro atoms. The fourth-order valence-electron chi connectivity index (χ4n) is 0.460. The second kappa shape index (κ2) is 2.35. The van der Waals surface area contributed by atoms with Gasteiger partial charge in [0.2, 0.25) is 6.79 Å². The maximum atomic E-state index is 9.78. The van der Waals surface area contributed by atoms with Gasteiger partial charge in [0.1, 0.15) is 18.3 Å². The second-order valence-corrected chi connectivity index (χ2v) is 1.38. The van der Waals surface area contributed by atoms with E-state index >= 15 is 0 Å². The number of ether oxygens (including phenoxy) is 2. The van der Waals surface area contributed by atoms with E-state index in [1.807, 2.05) is 0 Å². The van der Waals surface area contributed by atoms with Crippen LogP contribution in [0, 0.1) is 0 Å². The standard InChI is InChI=1S/C5H6O3/c6-2-1-5-3-7-4-8-5/h2-3H,1,4H2. The van der Waals surface area contributed by atoms with Crippen molar-refractivity contribution in [2.24, 2.45) is 0 Å². The summed E-state index contributed by atoms with van der Waals surface area (Å²) < 4.78 is 9.47.